The molecule has 186 valence electrons. The Kier molecular flexibility index (Phi) is 5.34. The highest BCUT2D eigenvalue weighted by Gasteiger charge is 2.70. The lowest BCUT2D eigenvalue weighted by molar-refractivity contribution is -0.247. The van der Waals surface area contributed by atoms with Crippen LogP contribution in [0.25, 0.3) is 0 Å². The van der Waals surface area contributed by atoms with Crippen molar-refractivity contribution in [2.75, 3.05) is 0 Å². The molecule has 0 N–H and O–H groups in total. The van der Waals surface area contributed by atoms with Gasteiger partial charge in [0.15, 0.2) is 0 Å². The normalized spacial score (nSPS) is 54.9. The van der Waals surface area contributed by atoms with E-state index in [1.165, 1.54) is 63.4 Å². The summed E-state index contributed by atoms with van der Waals surface area (Å²) >= 11 is 0. The second-order valence-corrected chi connectivity index (χ2v) is 14.9. The molecule has 0 amide bonds. The van der Waals surface area contributed by atoms with Crippen LogP contribution in [0.3, 0.4) is 0 Å². The summed E-state index contributed by atoms with van der Waals surface area (Å²) in [6.45, 7) is 23.0. The lowest BCUT2D eigenvalue weighted by Crippen LogP contribution is -2.66. The maximum absolute atomic E-state index is 11.2. The van der Waals surface area contributed by atoms with Crippen LogP contribution in [0, 0.1) is 56.7 Å². The molecule has 0 bridgehead atoms. The smallest absolute Gasteiger partial charge is 0.293 e. The van der Waals surface area contributed by atoms with E-state index in [0.717, 1.165) is 30.1 Å². The molecule has 2 heteroatoms. The summed E-state index contributed by atoms with van der Waals surface area (Å²) in [6.07, 6.45) is 13.4. The van der Waals surface area contributed by atoms with E-state index in [-0.39, 0.29) is 11.5 Å². The average Bonchev–Trinajstić information content (AvgIpc) is 3.09. The Morgan fingerprint density at radius 3 is 2.21 bits per heavy atom. The van der Waals surface area contributed by atoms with Crippen LogP contribution >= 0.6 is 0 Å². The second-order valence-electron chi connectivity index (χ2n) is 14.9. The van der Waals surface area contributed by atoms with Crippen molar-refractivity contribution in [2.24, 2.45) is 56.7 Å². The van der Waals surface area contributed by atoms with Gasteiger partial charge in [-0.3, -0.25) is 4.79 Å². The van der Waals surface area contributed by atoms with Crippen molar-refractivity contribution >= 4 is 6.47 Å². The molecule has 10 atom stereocenters. The Morgan fingerprint density at radius 2 is 1.55 bits per heavy atom. The molecule has 5 fully saturated rings. The molecule has 5 aliphatic carbocycles. The lowest BCUT2D eigenvalue weighted by atomic mass is 9.32. The van der Waals surface area contributed by atoms with Crippen molar-refractivity contribution in [3.63, 3.8) is 0 Å². The molecule has 0 saturated heterocycles. The summed E-state index contributed by atoms with van der Waals surface area (Å²) in [4.78, 5) is 11.2. The van der Waals surface area contributed by atoms with E-state index in [1.54, 1.807) is 0 Å². The molecule has 0 aromatic rings. The van der Waals surface area contributed by atoms with Gasteiger partial charge in [0.05, 0.1) is 0 Å². The van der Waals surface area contributed by atoms with E-state index >= 15 is 0 Å². The fraction of sp³-hybridized carbons (Fsp3) is 0.903. The highest BCUT2D eigenvalue weighted by atomic mass is 16.5. The molecule has 0 aromatic heterocycles. The van der Waals surface area contributed by atoms with Gasteiger partial charge in [0.2, 0.25) is 0 Å². The molecule has 2 nitrogen and oxygen atoms in total. The number of hydrogen-bond acceptors (Lipinski definition) is 2. The molecular formula is C31H50O2. The largest absolute Gasteiger partial charge is 0.464 e. The zero-order valence-electron chi connectivity index (χ0n) is 22.6. The number of allylic oxidation sites excluding steroid dienone is 1. The van der Waals surface area contributed by atoms with Gasteiger partial charge in [0, 0.05) is 5.41 Å². The van der Waals surface area contributed by atoms with Gasteiger partial charge in [0.25, 0.3) is 6.47 Å². The molecule has 0 radical (unpaired) electrons. The van der Waals surface area contributed by atoms with Gasteiger partial charge >= 0.3 is 0 Å². The van der Waals surface area contributed by atoms with Crippen LogP contribution in [-0.4, -0.2) is 12.6 Å². The van der Waals surface area contributed by atoms with Gasteiger partial charge in [-0.1, -0.05) is 53.7 Å². The Balaban J connectivity index is 1.51. The van der Waals surface area contributed by atoms with Crippen LogP contribution in [0.1, 0.15) is 113 Å². The van der Waals surface area contributed by atoms with Crippen LogP contribution in [-0.2, 0) is 9.53 Å². The summed E-state index contributed by atoms with van der Waals surface area (Å²) in [5.41, 5.74) is 3.26. The van der Waals surface area contributed by atoms with Crippen molar-refractivity contribution in [1.29, 1.82) is 0 Å². The third-order valence-corrected chi connectivity index (χ3v) is 13.6. The zero-order chi connectivity index (χ0) is 24.0. The van der Waals surface area contributed by atoms with E-state index in [9.17, 15) is 4.79 Å². The van der Waals surface area contributed by atoms with Gasteiger partial charge in [-0.25, -0.2) is 0 Å². The first-order valence-corrected chi connectivity index (χ1v) is 14.1. The van der Waals surface area contributed by atoms with E-state index in [4.69, 9.17) is 4.74 Å². The third-order valence-electron chi connectivity index (χ3n) is 13.6. The molecular weight excluding hydrogens is 404 g/mol. The van der Waals surface area contributed by atoms with Crippen molar-refractivity contribution in [3.8, 4) is 0 Å². The zero-order valence-corrected chi connectivity index (χ0v) is 22.6. The maximum Gasteiger partial charge on any atom is 0.293 e. The Bertz CT molecular complexity index is 829. The van der Waals surface area contributed by atoms with Gasteiger partial charge in [0.1, 0.15) is 6.10 Å². The van der Waals surface area contributed by atoms with Crippen LogP contribution in [0.4, 0.5) is 0 Å². The third kappa shape index (κ3) is 2.94. The van der Waals surface area contributed by atoms with Gasteiger partial charge < -0.3 is 4.74 Å². The predicted molar refractivity (Wildman–Crippen MR) is 136 cm³/mol. The van der Waals surface area contributed by atoms with Crippen molar-refractivity contribution in [2.45, 2.75) is 119 Å². The SMILES string of the molecule is C=C(C)[C@@H]1CC[C@]2(C)CC[C@]3(C)[C@H](CC[C@@H]4[C@@]5(C)CC[C@@H](OC=O)C(C)(C)[C@@H]5CC[C@]43C)[C@@H]12. The first-order chi connectivity index (χ1) is 15.3. The minimum Gasteiger partial charge on any atom is -0.464 e. The Hall–Kier alpha value is -0.790. The fourth-order valence-corrected chi connectivity index (χ4v) is 11.8. The van der Waals surface area contributed by atoms with E-state index in [2.05, 4.69) is 55.0 Å². The van der Waals surface area contributed by atoms with Gasteiger partial charge in [-0.2, -0.15) is 0 Å². The van der Waals surface area contributed by atoms with Gasteiger partial charge in [-0.15, -0.1) is 0 Å². The molecule has 33 heavy (non-hydrogen) atoms. The number of carbonyl (C=O) groups is 1. The minimum absolute atomic E-state index is 0.0641. The summed E-state index contributed by atoms with van der Waals surface area (Å²) in [5.74, 6) is 3.86. The van der Waals surface area contributed by atoms with E-state index in [1.807, 2.05) is 0 Å². The highest BCUT2D eigenvalue weighted by Crippen LogP contribution is 2.77. The number of rotatable bonds is 3. The van der Waals surface area contributed by atoms with Crippen LogP contribution < -0.4 is 0 Å². The van der Waals surface area contributed by atoms with Crippen LogP contribution in [0.5, 0.6) is 0 Å². The Labute approximate surface area is 203 Å². The molecule has 0 unspecified atom stereocenters. The quantitative estimate of drug-likeness (QED) is 0.317. The fourth-order valence-electron chi connectivity index (χ4n) is 11.8. The van der Waals surface area contributed by atoms with Gasteiger partial charge in [-0.05, 0) is 122 Å². The monoisotopic (exact) mass is 454 g/mol. The standard InChI is InChI=1S/C31H50O2/c1-20(2)21-11-14-28(5)17-18-30(7)22(26(21)28)9-10-24-29(6)15-13-25(33-19-32)27(3,4)23(29)12-16-31(24,30)8/h19,21-26H,1,9-18H2,2-8H3/t21-,22+,23-,24+,25+,26+,28+,29-,30+,31+/m0/s1. The summed E-state index contributed by atoms with van der Waals surface area (Å²) in [5, 5.41) is 0. The lowest BCUT2D eigenvalue weighted by Gasteiger charge is -2.73. The topological polar surface area (TPSA) is 26.3 Å². The van der Waals surface area contributed by atoms with Crippen molar-refractivity contribution in [3.05, 3.63) is 12.2 Å². The summed E-state index contributed by atoms with van der Waals surface area (Å²) in [6, 6.07) is 0. The number of hydrogen-bond donors (Lipinski definition) is 0. The highest BCUT2D eigenvalue weighted by molar-refractivity contribution is 5.38. The molecule has 0 aliphatic heterocycles. The molecule has 0 heterocycles. The van der Waals surface area contributed by atoms with Crippen LogP contribution in [0.15, 0.2) is 12.2 Å². The van der Waals surface area contributed by atoms with E-state index in [0.29, 0.717) is 34.1 Å². The molecule has 0 spiro atoms. The molecule has 5 aliphatic rings. The summed E-state index contributed by atoms with van der Waals surface area (Å²) < 4.78 is 5.66. The first kappa shape index (κ1) is 23.9. The number of carbonyl (C=O) groups excluding carboxylic acids is 1. The van der Waals surface area contributed by atoms with Crippen molar-refractivity contribution in [1.82, 2.24) is 0 Å². The number of ether oxygens (including phenoxy) is 1. The van der Waals surface area contributed by atoms with Crippen molar-refractivity contribution < 1.29 is 9.53 Å². The molecule has 5 rings (SSSR count). The summed E-state index contributed by atoms with van der Waals surface area (Å²) in [7, 11) is 0. The number of fused-ring (bicyclic) bond motifs is 7. The second kappa shape index (κ2) is 7.36. The first-order valence-electron chi connectivity index (χ1n) is 14.1. The average molecular weight is 455 g/mol. The van der Waals surface area contributed by atoms with E-state index < -0.39 is 0 Å². The Morgan fingerprint density at radius 1 is 0.818 bits per heavy atom. The minimum atomic E-state index is 0.0641. The molecule has 5 saturated carbocycles. The molecule has 0 aromatic carbocycles. The maximum atomic E-state index is 11.2. The van der Waals surface area contributed by atoms with Crippen LogP contribution in [0.2, 0.25) is 0 Å². The predicted octanol–water partition coefficient (Wildman–Crippen LogP) is 8.21.